The largest absolute Gasteiger partial charge is 0.390 e. The number of aliphatic hydroxyl groups is 1. The Morgan fingerprint density at radius 1 is 1.18 bits per heavy atom. The van der Waals surface area contributed by atoms with Crippen LogP contribution in [-0.4, -0.2) is 85.9 Å². The number of likely N-dealkylation sites (tertiary alicyclic amines) is 1. The van der Waals surface area contributed by atoms with Gasteiger partial charge in [-0.15, -0.1) is 5.10 Å². The first-order valence-electron chi connectivity index (χ1n) is 13.1. The Balaban J connectivity index is 1.25. The maximum absolute atomic E-state index is 12.0. The lowest BCUT2D eigenvalue weighted by molar-refractivity contribution is 0.0606. The molecule has 2 atom stereocenters. The lowest BCUT2D eigenvalue weighted by Gasteiger charge is -2.37. The van der Waals surface area contributed by atoms with E-state index >= 15 is 0 Å². The lowest BCUT2D eigenvalue weighted by Crippen LogP contribution is -2.47. The van der Waals surface area contributed by atoms with Crippen LogP contribution in [-0.2, 0) is 9.84 Å². The van der Waals surface area contributed by atoms with E-state index in [9.17, 15) is 24.0 Å². The topological polar surface area (TPSA) is 177 Å². The molecule has 0 spiro atoms. The number of aliphatic hydroxyl groups excluding tert-OH is 1. The van der Waals surface area contributed by atoms with Crippen LogP contribution in [0.25, 0.3) is 16.6 Å². The second-order valence-corrected chi connectivity index (χ2v) is 12.4. The van der Waals surface area contributed by atoms with Gasteiger partial charge in [0.05, 0.1) is 35.4 Å². The zero-order valence-electron chi connectivity index (χ0n) is 21.8. The molecule has 0 unspecified atom stereocenters. The van der Waals surface area contributed by atoms with Crippen LogP contribution in [0.2, 0.25) is 0 Å². The Morgan fingerprint density at radius 3 is 2.65 bits per heavy atom. The highest BCUT2D eigenvalue weighted by atomic mass is 32.2. The van der Waals surface area contributed by atoms with Crippen molar-refractivity contribution in [3.05, 3.63) is 41.9 Å². The van der Waals surface area contributed by atoms with Crippen LogP contribution in [0.15, 0.2) is 30.6 Å². The maximum atomic E-state index is 12.0. The number of rotatable bonds is 6. The van der Waals surface area contributed by atoms with Gasteiger partial charge in [-0.25, -0.2) is 13.4 Å². The summed E-state index contributed by atoms with van der Waals surface area (Å²) in [6, 6.07) is 9.92. The molecule has 14 heteroatoms. The minimum atomic E-state index is -3.20. The van der Waals surface area contributed by atoms with Gasteiger partial charge in [-0.1, -0.05) is 0 Å². The van der Waals surface area contributed by atoms with Crippen LogP contribution < -0.4 is 10.6 Å². The van der Waals surface area contributed by atoms with Crippen molar-refractivity contribution in [2.75, 3.05) is 41.8 Å². The van der Waals surface area contributed by atoms with Crippen molar-refractivity contribution >= 4 is 43.8 Å². The van der Waals surface area contributed by atoms with Crippen molar-refractivity contribution in [2.24, 2.45) is 0 Å². The van der Waals surface area contributed by atoms with Crippen molar-refractivity contribution in [2.45, 2.75) is 38.0 Å². The zero-order valence-corrected chi connectivity index (χ0v) is 22.6. The first-order valence-corrected chi connectivity index (χ1v) is 15.0. The van der Waals surface area contributed by atoms with Crippen molar-refractivity contribution in [1.82, 2.24) is 29.0 Å². The van der Waals surface area contributed by atoms with Gasteiger partial charge < -0.3 is 20.3 Å². The summed E-state index contributed by atoms with van der Waals surface area (Å²) in [5, 5.41) is 41.2. The second kappa shape index (κ2) is 10.1. The summed E-state index contributed by atoms with van der Waals surface area (Å²) in [6.45, 7) is 3.91. The molecule has 2 saturated heterocycles. The number of nitriles is 2. The number of nitrogens with one attached hydrogen (secondary N) is 2. The predicted molar refractivity (Wildman–Crippen MR) is 148 cm³/mol. The van der Waals surface area contributed by atoms with Gasteiger partial charge in [0, 0.05) is 48.5 Å². The molecule has 2 aliphatic rings. The van der Waals surface area contributed by atoms with E-state index in [-0.39, 0.29) is 35.2 Å². The molecule has 0 radical (unpaired) electrons. The summed E-state index contributed by atoms with van der Waals surface area (Å²) in [6.07, 6.45) is 4.05. The van der Waals surface area contributed by atoms with E-state index in [1.807, 2.05) is 31.3 Å². The summed E-state index contributed by atoms with van der Waals surface area (Å²) in [4.78, 5) is 10.9. The SMILES string of the molecule is CCNc1nc(Nc2ccc3c(c2)c(C#N)cn3C2CCN([C@H]3CS(=O)(=O)C[C@H]3O)CC2)nn2c(C#N)cnc12. The number of hydrogen-bond donors (Lipinski definition) is 3. The van der Waals surface area contributed by atoms with Crippen molar-refractivity contribution in [3.8, 4) is 12.1 Å². The van der Waals surface area contributed by atoms with E-state index in [1.165, 1.54) is 10.7 Å². The van der Waals surface area contributed by atoms with E-state index in [1.54, 1.807) is 0 Å². The molecule has 6 rings (SSSR count). The number of aromatic nitrogens is 5. The van der Waals surface area contributed by atoms with Gasteiger partial charge in [0.15, 0.2) is 27.0 Å². The van der Waals surface area contributed by atoms with Gasteiger partial charge in [-0.2, -0.15) is 20.0 Å². The van der Waals surface area contributed by atoms with Crippen LogP contribution in [0.1, 0.15) is 37.1 Å². The molecule has 0 aliphatic carbocycles. The van der Waals surface area contributed by atoms with E-state index in [0.29, 0.717) is 42.4 Å². The number of sulfone groups is 1. The molecular weight excluding hydrogens is 532 g/mol. The van der Waals surface area contributed by atoms with Gasteiger partial charge in [0.2, 0.25) is 5.95 Å². The molecule has 3 N–H and O–H groups in total. The number of imidazole rings is 1. The van der Waals surface area contributed by atoms with Crippen molar-refractivity contribution in [1.29, 1.82) is 10.5 Å². The third kappa shape index (κ3) is 4.60. The highest BCUT2D eigenvalue weighted by Crippen LogP contribution is 2.33. The average Bonchev–Trinajstić information content (AvgIpc) is 3.61. The molecule has 206 valence electrons. The Kier molecular flexibility index (Phi) is 6.54. The van der Waals surface area contributed by atoms with Crippen LogP contribution in [0.4, 0.5) is 17.5 Å². The summed E-state index contributed by atoms with van der Waals surface area (Å²) in [5.41, 5.74) is 2.90. The smallest absolute Gasteiger partial charge is 0.247 e. The fourth-order valence-electron chi connectivity index (χ4n) is 5.80. The molecule has 4 aromatic rings. The van der Waals surface area contributed by atoms with Crippen LogP contribution in [0.3, 0.4) is 0 Å². The molecule has 1 aromatic carbocycles. The number of piperidine rings is 1. The highest BCUT2D eigenvalue weighted by Gasteiger charge is 2.41. The fourth-order valence-corrected chi connectivity index (χ4v) is 7.64. The zero-order chi connectivity index (χ0) is 28.0. The number of benzene rings is 1. The molecular formula is C26H28N10O3S. The first kappa shape index (κ1) is 26.0. The van der Waals surface area contributed by atoms with Crippen LogP contribution in [0.5, 0.6) is 0 Å². The Morgan fingerprint density at radius 2 is 1.98 bits per heavy atom. The standard InChI is InChI=1S/C26H28N10O3S/c1-2-29-24-25-30-12-19(11-28)36(25)33-26(32-24)31-17-3-4-21-20(9-17)16(10-27)13-35(21)18-5-7-34(8-6-18)22-14-40(38,39)15-23(22)37/h3-4,9,12-13,18,22-23,37H,2,5-8,14-15H2,1H3,(H2,29,31,32,33)/t22-,23+/m0/s1. The van der Waals surface area contributed by atoms with Gasteiger partial charge in [-0.05, 0) is 38.0 Å². The minimum Gasteiger partial charge on any atom is -0.390 e. The van der Waals surface area contributed by atoms with Crippen LogP contribution in [0, 0.1) is 22.7 Å². The predicted octanol–water partition coefficient (Wildman–Crippen LogP) is 1.79. The monoisotopic (exact) mass is 560 g/mol. The highest BCUT2D eigenvalue weighted by molar-refractivity contribution is 7.91. The maximum Gasteiger partial charge on any atom is 0.247 e. The minimum absolute atomic E-state index is 0.00492. The average molecular weight is 561 g/mol. The third-order valence-electron chi connectivity index (χ3n) is 7.69. The molecule has 2 fully saturated rings. The first-order chi connectivity index (χ1) is 19.3. The molecule has 2 aliphatic heterocycles. The number of hydrogen-bond acceptors (Lipinski definition) is 11. The number of nitrogens with zero attached hydrogens (tertiary/aromatic N) is 8. The van der Waals surface area contributed by atoms with Gasteiger partial charge in [0.25, 0.3) is 0 Å². The fraction of sp³-hybridized carbons (Fsp3) is 0.423. The molecule has 3 aromatic heterocycles. The summed E-state index contributed by atoms with van der Waals surface area (Å²) >= 11 is 0. The van der Waals surface area contributed by atoms with E-state index in [2.05, 4.69) is 47.3 Å². The molecule has 0 bridgehead atoms. The lowest BCUT2D eigenvalue weighted by atomic mass is 10.0. The Hall–Kier alpha value is -4.24. The normalized spacial score (nSPS) is 21.4. The second-order valence-electron chi connectivity index (χ2n) is 10.2. The Labute approximate surface area is 230 Å². The van der Waals surface area contributed by atoms with E-state index < -0.39 is 15.9 Å². The van der Waals surface area contributed by atoms with Crippen molar-refractivity contribution < 1.29 is 13.5 Å². The number of anilines is 3. The summed E-state index contributed by atoms with van der Waals surface area (Å²) in [5.74, 6) is 0.614. The van der Waals surface area contributed by atoms with Gasteiger partial charge in [0.1, 0.15) is 12.1 Å². The summed E-state index contributed by atoms with van der Waals surface area (Å²) in [7, 11) is -3.20. The number of fused-ring (bicyclic) bond motifs is 2. The van der Waals surface area contributed by atoms with Crippen molar-refractivity contribution in [3.63, 3.8) is 0 Å². The van der Waals surface area contributed by atoms with E-state index in [4.69, 9.17) is 0 Å². The molecule has 5 heterocycles. The van der Waals surface area contributed by atoms with Crippen LogP contribution >= 0.6 is 0 Å². The molecule has 0 saturated carbocycles. The van der Waals surface area contributed by atoms with Gasteiger partial charge in [-0.3, -0.25) is 4.90 Å². The molecule has 40 heavy (non-hydrogen) atoms. The van der Waals surface area contributed by atoms with Gasteiger partial charge >= 0.3 is 0 Å². The third-order valence-corrected chi connectivity index (χ3v) is 9.38. The van der Waals surface area contributed by atoms with E-state index in [0.717, 1.165) is 23.7 Å². The quantitative estimate of drug-likeness (QED) is 0.313. The molecule has 13 nitrogen and oxygen atoms in total. The summed E-state index contributed by atoms with van der Waals surface area (Å²) < 4.78 is 27.5. The molecule has 0 amide bonds. The Bertz CT molecular complexity index is 1790.